The summed E-state index contributed by atoms with van der Waals surface area (Å²) in [5.41, 5.74) is 5.91. The maximum absolute atomic E-state index is 13.1. The minimum Gasteiger partial charge on any atom is -0.484 e. The second-order valence-corrected chi connectivity index (χ2v) is 10.5. The molecule has 1 saturated heterocycles. The molecule has 0 aliphatic carbocycles. The highest BCUT2D eigenvalue weighted by atomic mass is 32.2. The Morgan fingerprint density at radius 2 is 1.69 bits per heavy atom. The summed E-state index contributed by atoms with van der Waals surface area (Å²) in [6.45, 7) is 7.87. The third-order valence-electron chi connectivity index (χ3n) is 5.98. The summed E-state index contributed by atoms with van der Waals surface area (Å²) in [7, 11) is 0. The van der Waals surface area contributed by atoms with Crippen molar-refractivity contribution in [1.82, 2.24) is 4.90 Å². The molecular formula is C29H28N2O3S2. The zero-order chi connectivity index (χ0) is 25.8. The molecule has 5 nitrogen and oxygen atoms in total. The van der Waals surface area contributed by atoms with Gasteiger partial charge in [0.25, 0.3) is 11.8 Å². The highest BCUT2D eigenvalue weighted by Gasteiger charge is 2.35. The number of carbonyl (C=O) groups excluding carboxylic acids is 2. The molecule has 7 heteroatoms. The van der Waals surface area contributed by atoms with Gasteiger partial charge in [-0.3, -0.25) is 14.5 Å². The third kappa shape index (κ3) is 5.86. The molecule has 3 aromatic rings. The van der Waals surface area contributed by atoms with Gasteiger partial charge in [-0.15, -0.1) is 0 Å². The maximum Gasteiger partial charge on any atom is 0.266 e. The van der Waals surface area contributed by atoms with E-state index in [1.54, 1.807) is 17.0 Å². The summed E-state index contributed by atoms with van der Waals surface area (Å²) in [4.78, 5) is 27.7. The molecule has 1 N–H and O–H groups in total. The van der Waals surface area contributed by atoms with E-state index in [1.165, 1.54) is 11.8 Å². The lowest BCUT2D eigenvalue weighted by atomic mass is 10.1. The summed E-state index contributed by atoms with van der Waals surface area (Å²) >= 11 is 6.81. The number of carbonyl (C=O) groups is 2. The van der Waals surface area contributed by atoms with Crippen molar-refractivity contribution in [2.45, 2.75) is 33.7 Å². The molecule has 184 valence electrons. The minimum atomic E-state index is -0.217. The predicted molar refractivity (Wildman–Crippen MR) is 151 cm³/mol. The molecule has 1 atom stereocenters. The number of anilines is 1. The maximum atomic E-state index is 13.1. The second-order valence-electron chi connectivity index (χ2n) is 8.82. The Labute approximate surface area is 221 Å². The minimum absolute atomic E-state index is 0.0951. The Morgan fingerprint density at radius 1 is 1.06 bits per heavy atom. The van der Waals surface area contributed by atoms with Crippen LogP contribution in [0.2, 0.25) is 0 Å². The summed E-state index contributed by atoms with van der Waals surface area (Å²) in [5, 5.41) is 2.94. The van der Waals surface area contributed by atoms with Crippen molar-refractivity contribution in [2.75, 3.05) is 11.9 Å². The Bertz CT molecular complexity index is 1310. The average molecular weight is 517 g/mol. The van der Waals surface area contributed by atoms with Crippen molar-refractivity contribution in [3.8, 4) is 5.75 Å². The Hall–Kier alpha value is -3.42. The van der Waals surface area contributed by atoms with Gasteiger partial charge in [0.05, 0.1) is 10.9 Å². The number of hydrogen-bond acceptors (Lipinski definition) is 5. The SMILES string of the molecule is Cc1cc(C)c(NC(=O)COc2ccc(/C=C3\SC(=S)N([C@H](C)c4ccccc4)C3=O)cc2)c(C)c1. The molecule has 1 aliphatic heterocycles. The van der Waals surface area contributed by atoms with E-state index < -0.39 is 0 Å². The van der Waals surface area contributed by atoms with Gasteiger partial charge >= 0.3 is 0 Å². The number of hydrogen-bond donors (Lipinski definition) is 1. The van der Waals surface area contributed by atoms with Crippen molar-refractivity contribution in [3.63, 3.8) is 0 Å². The van der Waals surface area contributed by atoms with Gasteiger partial charge in [-0.05, 0) is 68.2 Å². The first-order chi connectivity index (χ1) is 17.2. The molecule has 0 spiro atoms. The second kappa shape index (κ2) is 11.1. The molecule has 4 rings (SSSR count). The number of aryl methyl sites for hydroxylation is 3. The van der Waals surface area contributed by atoms with E-state index in [0.717, 1.165) is 33.5 Å². The zero-order valence-electron chi connectivity index (χ0n) is 20.7. The van der Waals surface area contributed by atoms with Crippen molar-refractivity contribution < 1.29 is 14.3 Å². The van der Waals surface area contributed by atoms with Crippen molar-refractivity contribution in [2.24, 2.45) is 0 Å². The van der Waals surface area contributed by atoms with Crippen LogP contribution in [0.25, 0.3) is 6.08 Å². The molecule has 36 heavy (non-hydrogen) atoms. The van der Waals surface area contributed by atoms with E-state index in [2.05, 4.69) is 5.32 Å². The van der Waals surface area contributed by atoms with Gasteiger partial charge in [-0.1, -0.05) is 84.1 Å². The molecule has 0 radical (unpaired) electrons. The number of nitrogens with zero attached hydrogens (tertiary/aromatic N) is 1. The van der Waals surface area contributed by atoms with Crippen molar-refractivity contribution in [3.05, 3.63) is 99.5 Å². The molecular weight excluding hydrogens is 488 g/mol. The van der Waals surface area contributed by atoms with Crippen LogP contribution in [-0.4, -0.2) is 27.6 Å². The topological polar surface area (TPSA) is 58.6 Å². The van der Waals surface area contributed by atoms with Gasteiger partial charge in [0.15, 0.2) is 6.61 Å². The quantitative estimate of drug-likeness (QED) is 0.284. The lowest BCUT2D eigenvalue weighted by Crippen LogP contribution is -2.30. The van der Waals surface area contributed by atoms with Gasteiger partial charge in [0.2, 0.25) is 0 Å². The van der Waals surface area contributed by atoms with E-state index in [4.69, 9.17) is 17.0 Å². The van der Waals surface area contributed by atoms with E-state index in [9.17, 15) is 9.59 Å². The van der Waals surface area contributed by atoms with Gasteiger partial charge in [0, 0.05) is 5.69 Å². The molecule has 0 aromatic heterocycles. The number of thiocarbonyl (C=S) groups is 1. The van der Waals surface area contributed by atoms with Gasteiger partial charge < -0.3 is 10.1 Å². The number of benzene rings is 3. The summed E-state index contributed by atoms with van der Waals surface area (Å²) in [6.07, 6.45) is 1.83. The van der Waals surface area contributed by atoms with Crippen LogP contribution in [0.5, 0.6) is 5.75 Å². The van der Waals surface area contributed by atoms with E-state index in [-0.39, 0.29) is 24.5 Å². The number of rotatable bonds is 7. The molecule has 3 aromatic carbocycles. The fraction of sp³-hybridized carbons (Fsp3) is 0.207. The monoisotopic (exact) mass is 516 g/mol. The summed E-state index contributed by atoms with van der Waals surface area (Å²) in [5.74, 6) is 0.260. The first kappa shape index (κ1) is 25.7. The van der Waals surface area contributed by atoms with Gasteiger partial charge in [-0.25, -0.2) is 0 Å². The molecule has 1 heterocycles. The number of nitrogens with one attached hydrogen (secondary N) is 1. The molecule has 1 fully saturated rings. The molecule has 1 aliphatic rings. The average Bonchev–Trinajstić information content (AvgIpc) is 3.13. The van der Waals surface area contributed by atoms with Crippen molar-refractivity contribution >= 4 is 51.9 Å². The Kier molecular flexibility index (Phi) is 7.91. The van der Waals surface area contributed by atoms with Gasteiger partial charge in [0.1, 0.15) is 10.1 Å². The van der Waals surface area contributed by atoms with Crippen LogP contribution in [0, 0.1) is 20.8 Å². The number of thioether (sulfide) groups is 1. The highest BCUT2D eigenvalue weighted by molar-refractivity contribution is 8.26. The molecule has 0 saturated carbocycles. The molecule has 2 amide bonds. The lowest BCUT2D eigenvalue weighted by molar-refractivity contribution is -0.123. The van der Waals surface area contributed by atoms with Crippen LogP contribution >= 0.6 is 24.0 Å². The van der Waals surface area contributed by atoms with Crippen LogP contribution in [0.4, 0.5) is 5.69 Å². The third-order valence-corrected chi connectivity index (χ3v) is 7.31. The van der Waals surface area contributed by atoms with Crippen LogP contribution in [0.15, 0.2) is 71.6 Å². The van der Waals surface area contributed by atoms with E-state index in [1.807, 2.05) is 88.4 Å². The van der Waals surface area contributed by atoms with Crippen molar-refractivity contribution in [1.29, 1.82) is 0 Å². The van der Waals surface area contributed by atoms with E-state index in [0.29, 0.717) is 15.0 Å². The predicted octanol–water partition coefficient (Wildman–Crippen LogP) is 6.59. The highest BCUT2D eigenvalue weighted by Crippen LogP contribution is 2.38. The number of ether oxygens (including phenoxy) is 1. The Morgan fingerprint density at radius 3 is 2.33 bits per heavy atom. The van der Waals surface area contributed by atoms with Gasteiger partial charge in [-0.2, -0.15) is 0 Å². The van der Waals surface area contributed by atoms with Crippen LogP contribution < -0.4 is 10.1 Å². The fourth-order valence-electron chi connectivity index (χ4n) is 4.21. The fourth-order valence-corrected chi connectivity index (χ4v) is 5.63. The first-order valence-corrected chi connectivity index (χ1v) is 12.9. The molecule has 0 bridgehead atoms. The standard InChI is InChI=1S/C29H28N2O3S2/c1-18-14-19(2)27(20(3)15-18)30-26(32)17-34-24-12-10-22(11-13-24)16-25-28(33)31(29(35)36-25)21(4)23-8-6-5-7-9-23/h5-16,21H,17H2,1-4H3,(H,30,32)/b25-16-/t21-/m1/s1. The first-order valence-electron chi connectivity index (χ1n) is 11.7. The van der Waals surface area contributed by atoms with E-state index >= 15 is 0 Å². The van der Waals surface area contributed by atoms with Crippen LogP contribution in [0.1, 0.15) is 40.8 Å². The normalized spacial score (nSPS) is 15.3. The summed E-state index contributed by atoms with van der Waals surface area (Å²) < 4.78 is 6.22. The summed E-state index contributed by atoms with van der Waals surface area (Å²) in [6, 6.07) is 21.1. The molecule has 0 unspecified atom stereocenters. The van der Waals surface area contributed by atoms with Crippen LogP contribution in [-0.2, 0) is 9.59 Å². The smallest absolute Gasteiger partial charge is 0.266 e. The largest absolute Gasteiger partial charge is 0.484 e. The number of amides is 2. The zero-order valence-corrected chi connectivity index (χ0v) is 22.3. The van der Waals surface area contributed by atoms with Crippen LogP contribution in [0.3, 0.4) is 0 Å². The Balaban J connectivity index is 1.37. The lowest BCUT2D eigenvalue weighted by Gasteiger charge is -2.23.